The minimum Gasteiger partial charge on any atom is -0.493 e. The Morgan fingerprint density at radius 3 is 2.96 bits per heavy atom. The Bertz CT molecular complexity index is 797. The van der Waals surface area contributed by atoms with Crippen LogP contribution in [-0.2, 0) is 4.79 Å². The van der Waals surface area contributed by atoms with E-state index in [1.807, 2.05) is 37.3 Å². The summed E-state index contributed by atoms with van der Waals surface area (Å²) in [7, 11) is 1.61. The van der Waals surface area contributed by atoms with Crippen LogP contribution in [0.5, 0.6) is 11.5 Å². The summed E-state index contributed by atoms with van der Waals surface area (Å²) in [4.78, 5) is 16.4. The summed E-state index contributed by atoms with van der Waals surface area (Å²) in [6.45, 7) is 2.50. The van der Waals surface area contributed by atoms with Gasteiger partial charge in [-0.3, -0.25) is 9.78 Å². The zero-order valence-corrected chi connectivity index (χ0v) is 15.3. The largest absolute Gasteiger partial charge is 0.493 e. The van der Waals surface area contributed by atoms with Crippen molar-refractivity contribution in [3.8, 4) is 11.5 Å². The minimum absolute atomic E-state index is 0.0231. The van der Waals surface area contributed by atoms with Gasteiger partial charge in [-0.1, -0.05) is 12.1 Å². The number of nitrogens with zero attached hydrogens (tertiary/aromatic N) is 2. The monoisotopic (exact) mass is 369 g/mol. The molecule has 27 heavy (non-hydrogen) atoms. The molecule has 1 aromatic heterocycles. The van der Waals surface area contributed by atoms with Crippen molar-refractivity contribution in [2.75, 3.05) is 13.7 Å². The van der Waals surface area contributed by atoms with Crippen molar-refractivity contribution < 1.29 is 14.3 Å². The Morgan fingerprint density at radius 1 is 1.33 bits per heavy atom. The van der Waals surface area contributed by atoms with E-state index >= 15 is 0 Å². The standard InChI is InChI=1S/C19H23N5O3/c1-3-27-17-8-7-13(10-18(17)26-2)15-11-16(23-22-15)19(25)24-21-12-14-6-4-5-9-20-14/h4-10,12,15-16,22-23H,3,11H2,1-2H3,(H,24,25)/b21-12+. The van der Waals surface area contributed by atoms with Crippen molar-refractivity contribution in [3.05, 3.63) is 53.9 Å². The van der Waals surface area contributed by atoms with Gasteiger partial charge in [0.25, 0.3) is 5.91 Å². The number of hydrazone groups is 1. The number of methoxy groups -OCH3 is 1. The number of pyridine rings is 1. The van der Waals surface area contributed by atoms with Gasteiger partial charge in [0.2, 0.25) is 0 Å². The molecule has 1 amide bonds. The topological polar surface area (TPSA) is 96.9 Å². The van der Waals surface area contributed by atoms with Gasteiger partial charge in [-0.05, 0) is 43.2 Å². The number of hydrazine groups is 1. The van der Waals surface area contributed by atoms with E-state index in [0.717, 1.165) is 5.56 Å². The third-order valence-electron chi connectivity index (χ3n) is 4.17. The molecule has 0 saturated carbocycles. The zero-order chi connectivity index (χ0) is 19.1. The number of rotatable bonds is 7. The molecule has 2 atom stereocenters. The summed E-state index contributed by atoms with van der Waals surface area (Å²) in [5.41, 5.74) is 10.4. The van der Waals surface area contributed by atoms with Crippen molar-refractivity contribution in [1.82, 2.24) is 21.3 Å². The number of benzene rings is 1. The maximum absolute atomic E-state index is 12.3. The number of aromatic nitrogens is 1. The predicted molar refractivity (Wildman–Crippen MR) is 102 cm³/mol. The summed E-state index contributed by atoms with van der Waals surface area (Å²) in [6, 6.07) is 10.8. The number of ether oxygens (including phenoxy) is 2. The normalized spacial score (nSPS) is 19.2. The summed E-state index contributed by atoms with van der Waals surface area (Å²) in [5.74, 6) is 1.16. The van der Waals surface area contributed by atoms with Gasteiger partial charge < -0.3 is 9.47 Å². The first kappa shape index (κ1) is 18.8. The molecule has 1 aromatic carbocycles. The van der Waals surface area contributed by atoms with Gasteiger partial charge in [-0.15, -0.1) is 0 Å². The molecule has 2 unspecified atom stereocenters. The third-order valence-corrected chi connectivity index (χ3v) is 4.17. The molecular formula is C19H23N5O3. The van der Waals surface area contributed by atoms with Gasteiger partial charge in [0.1, 0.15) is 6.04 Å². The zero-order valence-electron chi connectivity index (χ0n) is 15.3. The van der Waals surface area contributed by atoms with Crippen LogP contribution in [0.2, 0.25) is 0 Å². The highest BCUT2D eigenvalue weighted by Gasteiger charge is 2.30. The van der Waals surface area contributed by atoms with Gasteiger partial charge >= 0.3 is 0 Å². The minimum atomic E-state index is -0.395. The fourth-order valence-corrected chi connectivity index (χ4v) is 2.81. The van der Waals surface area contributed by atoms with Crippen LogP contribution in [0, 0.1) is 0 Å². The molecule has 142 valence electrons. The van der Waals surface area contributed by atoms with Crippen molar-refractivity contribution in [2.45, 2.75) is 25.4 Å². The van der Waals surface area contributed by atoms with E-state index in [2.05, 4.69) is 26.4 Å². The van der Waals surface area contributed by atoms with Gasteiger partial charge in [-0.25, -0.2) is 16.3 Å². The molecular weight excluding hydrogens is 346 g/mol. The quantitative estimate of drug-likeness (QED) is 0.506. The second kappa shape index (κ2) is 9.11. The first-order chi connectivity index (χ1) is 13.2. The Labute approximate surface area is 157 Å². The maximum atomic E-state index is 12.3. The molecule has 1 aliphatic rings. The molecule has 3 rings (SSSR count). The summed E-state index contributed by atoms with van der Waals surface area (Å²) in [5, 5.41) is 3.95. The molecule has 0 bridgehead atoms. The second-order valence-electron chi connectivity index (χ2n) is 5.96. The van der Waals surface area contributed by atoms with Gasteiger partial charge in [0.05, 0.1) is 25.6 Å². The third kappa shape index (κ3) is 4.81. The summed E-state index contributed by atoms with van der Waals surface area (Å²) >= 11 is 0. The van der Waals surface area contributed by atoms with Crippen LogP contribution in [0.3, 0.4) is 0 Å². The van der Waals surface area contributed by atoms with E-state index in [9.17, 15) is 4.79 Å². The predicted octanol–water partition coefficient (Wildman–Crippen LogP) is 1.55. The lowest BCUT2D eigenvalue weighted by Crippen LogP contribution is -2.41. The maximum Gasteiger partial charge on any atom is 0.258 e. The number of carbonyl (C=O) groups excluding carboxylic acids is 1. The molecule has 8 nitrogen and oxygen atoms in total. The number of hydrogen-bond acceptors (Lipinski definition) is 7. The molecule has 3 N–H and O–H groups in total. The molecule has 1 fully saturated rings. The lowest BCUT2D eigenvalue weighted by molar-refractivity contribution is -0.122. The van der Waals surface area contributed by atoms with Crippen molar-refractivity contribution in [2.24, 2.45) is 5.10 Å². The van der Waals surface area contributed by atoms with Crippen molar-refractivity contribution in [3.63, 3.8) is 0 Å². The van der Waals surface area contributed by atoms with Gasteiger partial charge in [0.15, 0.2) is 11.5 Å². The molecule has 2 heterocycles. The highest BCUT2D eigenvalue weighted by Crippen LogP contribution is 2.32. The molecule has 0 aliphatic carbocycles. The van der Waals surface area contributed by atoms with Crippen LogP contribution in [0.25, 0.3) is 0 Å². The molecule has 0 spiro atoms. The Morgan fingerprint density at radius 2 is 2.22 bits per heavy atom. The number of nitrogens with one attached hydrogen (secondary N) is 3. The molecule has 8 heteroatoms. The average Bonchev–Trinajstić information content (AvgIpc) is 3.19. The second-order valence-corrected chi connectivity index (χ2v) is 5.96. The number of carbonyl (C=O) groups is 1. The Balaban J connectivity index is 1.58. The molecule has 2 aromatic rings. The van der Waals surface area contributed by atoms with Crippen LogP contribution in [0.4, 0.5) is 0 Å². The lowest BCUT2D eigenvalue weighted by Gasteiger charge is -2.14. The van der Waals surface area contributed by atoms with Crippen LogP contribution in [0.1, 0.15) is 30.6 Å². The molecule has 1 saturated heterocycles. The molecule has 1 aliphatic heterocycles. The Kier molecular flexibility index (Phi) is 6.35. The highest BCUT2D eigenvalue weighted by atomic mass is 16.5. The van der Waals surface area contributed by atoms with Crippen LogP contribution >= 0.6 is 0 Å². The van der Waals surface area contributed by atoms with Crippen LogP contribution in [0.15, 0.2) is 47.7 Å². The summed E-state index contributed by atoms with van der Waals surface area (Å²) < 4.78 is 10.9. The fourth-order valence-electron chi connectivity index (χ4n) is 2.81. The number of hydrogen-bond donors (Lipinski definition) is 3. The smallest absolute Gasteiger partial charge is 0.258 e. The van der Waals surface area contributed by atoms with Gasteiger partial charge in [-0.2, -0.15) is 5.10 Å². The van der Waals surface area contributed by atoms with Crippen molar-refractivity contribution >= 4 is 12.1 Å². The van der Waals surface area contributed by atoms with Crippen molar-refractivity contribution in [1.29, 1.82) is 0 Å². The lowest BCUT2D eigenvalue weighted by atomic mass is 10.0. The SMILES string of the molecule is CCOc1ccc(C2CC(C(=O)N/N=C/c3ccccn3)NN2)cc1OC. The van der Waals surface area contributed by atoms with E-state index in [0.29, 0.717) is 30.2 Å². The first-order valence-corrected chi connectivity index (χ1v) is 8.77. The first-order valence-electron chi connectivity index (χ1n) is 8.77. The van der Waals surface area contributed by atoms with E-state index in [1.54, 1.807) is 19.4 Å². The summed E-state index contributed by atoms with van der Waals surface area (Å²) in [6.07, 6.45) is 3.76. The van der Waals surface area contributed by atoms with Crippen LogP contribution in [-0.4, -0.2) is 36.9 Å². The van der Waals surface area contributed by atoms with E-state index in [4.69, 9.17) is 9.47 Å². The Hall–Kier alpha value is -2.97. The highest BCUT2D eigenvalue weighted by molar-refractivity contribution is 5.84. The number of amides is 1. The molecule has 0 radical (unpaired) electrons. The van der Waals surface area contributed by atoms with E-state index in [1.165, 1.54) is 6.21 Å². The van der Waals surface area contributed by atoms with E-state index in [-0.39, 0.29) is 11.9 Å². The fraction of sp³-hybridized carbons (Fsp3) is 0.316. The van der Waals surface area contributed by atoms with Crippen LogP contribution < -0.4 is 25.8 Å². The van der Waals surface area contributed by atoms with E-state index < -0.39 is 6.04 Å². The average molecular weight is 369 g/mol. The van der Waals surface area contributed by atoms with Gasteiger partial charge in [0, 0.05) is 12.2 Å².